The zero-order chi connectivity index (χ0) is 23.2. The zero-order valence-corrected chi connectivity index (χ0v) is 19.7. The summed E-state index contributed by atoms with van der Waals surface area (Å²) in [6.07, 6.45) is 1.74. The van der Waals surface area contributed by atoms with Gasteiger partial charge in [0.15, 0.2) is 0 Å². The fourth-order valence-corrected chi connectivity index (χ4v) is 4.31. The largest absolute Gasteiger partial charge is 0.495 e. The first-order valence-electron chi connectivity index (χ1n) is 11.5. The SMILES string of the molecule is COc1ccccc1N1CCN(CCN(C(=O)c2cccc(C)c2C)c2ccccn2)CC1. The first-order valence-corrected chi connectivity index (χ1v) is 11.5. The van der Waals surface area contributed by atoms with Crippen molar-refractivity contribution < 1.29 is 9.53 Å². The van der Waals surface area contributed by atoms with E-state index in [1.54, 1.807) is 13.3 Å². The monoisotopic (exact) mass is 444 g/mol. The quantitative estimate of drug-likeness (QED) is 0.547. The Morgan fingerprint density at radius 2 is 1.73 bits per heavy atom. The highest BCUT2D eigenvalue weighted by molar-refractivity contribution is 6.06. The molecule has 0 radical (unpaired) electrons. The van der Waals surface area contributed by atoms with Gasteiger partial charge in [-0.2, -0.15) is 0 Å². The van der Waals surface area contributed by atoms with Crippen LogP contribution in [-0.2, 0) is 0 Å². The maximum Gasteiger partial charge on any atom is 0.259 e. The molecule has 0 spiro atoms. The summed E-state index contributed by atoms with van der Waals surface area (Å²) in [4.78, 5) is 24.6. The number of rotatable bonds is 7. The van der Waals surface area contributed by atoms with Crippen molar-refractivity contribution in [2.45, 2.75) is 13.8 Å². The van der Waals surface area contributed by atoms with E-state index in [-0.39, 0.29) is 5.91 Å². The molecule has 1 saturated heterocycles. The molecule has 0 aliphatic carbocycles. The maximum atomic E-state index is 13.5. The Hall–Kier alpha value is -3.38. The minimum atomic E-state index is 0.00237. The second-order valence-electron chi connectivity index (χ2n) is 8.39. The van der Waals surface area contributed by atoms with Gasteiger partial charge in [0, 0.05) is 51.0 Å². The first-order chi connectivity index (χ1) is 16.1. The Bertz CT molecular complexity index is 1080. The van der Waals surface area contributed by atoms with E-state index in [2.05, 4.69) is 20.9 Å². The van der Waals surface area contributed by atoms with E-state index in [4.69, 9.17) is 4.74 Å². The Morgan fingerprint density at radius 1 is 0.970 bits per heavy atom. The summed E-state index contributed by atoms with van der Waals surface area (Å²) < 4.78 is 5.53. The number of amides is 1. The van der Waals surface area contributed by atoms with Crippen molar-refractivity contribution in [3.63, 3.8) is 0 Å². The lowest BCUT2D eigenvalue weighted by atomic mass is 10.0. The van der Waals surface area contributed by atoms with Crippen LogP contribution in [0.1, 0.15) is 21.5 Å². The number of hydrogen-bond donors (Lipinski definition) is 0. The van der Waals surface area contributed by atoms with Crippen molar-refractivity contribution >= 4 is 17.4 Å². The molecule has 1 fully saturated rings. The number of carbonyl (C=O) groups is 1. The molecule has 0 saturated carbocycles. The number of hydrogen-bond acceptors (Lipinski definition) is 5. The molecule has 6 nitrogen and oxygen atoms in total. The van der Waals surface area contributed by atoms with Crippen LogP contribution in [0.25, 0.3) is 0 Å². The molecule has 1 aliphatic heterocycles. The summed E-state index contributed by atoms with van der Waals surface area (Å²) in [5, 5.41) is 0. The Kier molecular flexibility index (Phi) is 7.25. The van der Waals surface area contributed by atoms with Crippen LogP contribution in [0.5, 0.6) is 5.75 Å². The average Bonchev–Trinajstić information content (AvgIpc) is 2.86. The van der Waals surface area contributed by atoms with Gasteiger partial charge in [-0.25, -0.2) is 4.98 Å². The Morgan fingerprint density at radius 3 is 2.45 bits per heavy atom. The lowest BCUT2D eigenvalue weighted by Gasteiger charge is -2.37. The van der Waals surface area contributed by atoms with Crippen molar-refractivity contribution in [1.29, 1.82) is 0 Å². The van der Waals surface area contributed by atoms with Crippen molar-refractivity contribution in [2.24, 2.45) is 0 Å². The van der Waals surface area contributed by atoms with Gasteiger partial charge < -0.3 is 9.64 Å². The molecule has 1 aliphatic rings. The Labute approximate surface area is 196 Å². The average molecular weight is 445 g/mol. The van der Waals surface area contributed by atoms with Crippen molar-refractivity contribution in [3.8, 4) is 5.75 Å². The summed E-state index contributed by atoms with van der Waals surface area (Å²) in [7, 11) is 1.72. The molecule has 0 atom stereocenters. The van der Waals surface area contributed by atoms with Crippen LogP contribution in [0.3, 0.4) is 0 Å². The van der Waals surface area contributed by atoms with E-state index in [9.17, 15) is 4.79 Å². The molecule has 2 heterocycles. The van der Waals surface area contributed by atoms with Crippen LogP contribution >= 0.6 is 0 Å². The third-order valence-corrected chi connectivity index (χ3v) is 6.44. The van der Waals surface area contributed by atoms with Crippen LogP contribution in [0.2, 0.25) is 0 Å². The molecule has 172 valence electrons. The molecule has 2 aromatic carbocycles. The van der Waals surface area contributed by atoms with Crippen LogP contribution in [-0.4, -0.2) is 62.2 Å². The van der Waals surface area contributed by atoms with Gasteiger partial charge in [0.2, 0.25) is 0 Å². The summed E-state index contributed by atoms with van der Waals surface area (Å²) >= 11 is 0. The lowest BCUT2D eigenvalue weighted by Crippen LogP contribution is -2.49. The van der Waals surface area contributed by atoms with Crippen LogP contribution in [0.15, 0.2) is 66.9 Å². The second-order valence-corrected chi connectivity index (χ2v) is 8.39. The summed E-state index contributed by atoms with van der Waals surface area (Å²) in [5.74, 6) is 1.60. The van der Waals surface area contributed by atoms with E-state index >= 15 is 0 Å². The number of ether oxygens (including phenoxy) is 1. The second kappa shape index (κ2) is 10.5. The molecule has 0 N–H and O–H groups in total. The van der Waals surface area contributed by atoms with Gasteiger partial charge in [-0.3, -0.25) is 14.6 Å². The molecular weight excluding hydrogens is 412 g/mol. The van der Waals surface area contributed by atoms with Crippen LogP contribution in [0, 0.1) is 13.8 Å². The molecule has 0 bridgehead atoms. The fourth-order valence-electron chi connectivity index (χ4n) is 4.31. The van der Waals surface area contributed by atoms with Crippen molar-refractivity contribution in [2.75, 3.05) is 56.2 Å². The number of aromatic nitrogens is 1. The summed E-state index contributed by atoms with van der Waals surface area (Å²) in [6.45, 7) is 9.17. The van der Waals surface area contributed by atoms with Gasteiger partial charge in [0.05, 0.1) is 12.8 Å². The highest BCUT2D eigenvalue weighted by Gasteiger charge is 2.24. The molecule has 1 amide bonds. The smallest absolute Gasteiger partial charge is 0.259 e. The molecule has 0 unspecified atom stereocenters. The number of nitrogens with zero attached hydrogens (tertiary/aromatic N) is 4. The van der Waals surface area contributed by atoms with Crippen molar-refractivity contribution in [1.82, 2.24) is 9.88 Å². The van der Waals surface area contributed by atoms with E-state index in [1.807, 2.05) is 73.3 Å². The molecule has 4 rings (SSSR count). The Balaban J connectivity index is 1.44. The predicted octanol–water partition coefficient (Wildman–Crippen LogP) is 4.18. The number of anilines is 2. The number of benzene rings is 2. The van der Waals surface area contributed by atoms with Gasteiger partial charge >= 0.3 is 0 Å². The van der Waals surface area contributed by atoms with Gasteiger partial charge in [0.1, 0.15) is 11.6 Å². The third-order valence-electron chi connectivity index (χ3n) is 6.44. The van der Waals surface area contributed by atoms with E-state index in [0.29, 0.717) is 12.4 Å². The fraction of sp³-hybridized carbons (Fsp3) is 0.333. The molecule has 3 aromatic rings. The van der Waals surface area contributed by atoms with Crippen LogP contribution in [0.4, 0.5) is 11.5 Å². The van der Waals surface area contributed by atoms with E-state index in [1.165, 1.54) is 0 Å². The van der Waals surface area contributed by atoms with Gasteiger partial charge in [-0.05, 0) is 55.3 Å². The van der Waals surface area contributed by atoms with E-state index in [0.717, 1.165) is 60.9 Å². The number of carbonyl (C=O) groups excluding carboxylic acids is 1. The number of piperazine rings is 1. The minimum absolute atomic E-state index is 0.00237. The molecular formula is C27H32N4O2. The number of para-hydroxylation sites is 2. The zero-order valence-electron chi connectivity index (χ0n) is 19.7. The minimum Gasteiger partial charge on any atom is -0.495 e. The first kappa shape index (κ1) is 22.8. The van der Waals surface area contributed by atoms with Crippen LogP contribution < -0.4 is 14.5 Å². The standard InChI is InChI=1S/C27H32N4O2/c1-21-9-8-10-23(22(21)2)27(32)31(26-13-6-7-14-28-26)20-17-29-15-18-30(19-16-29)24-11-4-5-12-25(24)33-3/h4-14H,15-20H2,1-3H3. The maximum absolute atomic E-state index is 13.5. The number of methoxy groups -OCH3 is 1. The van der Waals surface area contributed by atoms with Gasteiger partial charge in [-0.1, -0.05) is 30.3 Å². The molecule has 6 heteroatoms. The number of aryl methyl sites for hydroxylation is 1. The summed E-state index contributed by atoms with van der Waals surface area (Å²) in [6, 6.07) is 19.8. The predicted molar refractivity (Wildman–Crippen MR) is 133 cm³/mol. The van der Waals surface area contributed by atoms with Gasteiger partial charge in [-0.15, -0.1) is 0 Å². The summed E-state index contributed by atoms with van der Waals surface area (Å²) in [5.41, 5.74) is 4.02. The topological polar surface area (TPSA) is 48.9 Å². The van der Waals surface area contributed by atoms with Crippen molar-refractivity contribution in [3.05, 3.63) is 83.6 Å². The number of pyridine rings is 1. The highest BCUT2D eigenvalue weighted by Crippen LogP contribution is 2.28. The highest BCUT2D eigenvalue weighted by atomic mass is 16.5. The lowest BCUT2D eigenvalue weighted by molar-refractivity contribution is 0.0981. The molecule has 1 aromatic heterocycles. The molecule has 33 heavy (non-hydrogen) atoms. The third kappa shape index (κ3) is 5.17. The van der Waals surface area contributed by atoms with E-state index < -0.39 is 0 Å². The normalized spacial score (nSPS) is 14.2. The van der Waals surface area contributed by atoms with Gasteiger partial charge in [0.25, 0.3) is 5.91 Å².